The van der Waals surface area contributed by atoms with Gasteiger partial charge in [0.1, 0.15) is 11.3 Å². The number of hydrogen-bond acceptors (Lipinski definition) is 6. The Hall–Kier alpha value is -2.38. The number of piperidine rings is 1. The van der Waals surface area contributed by atoms with Gasteiger partial charge in [-0.15, -0.1) is 0 Å². The third kappa shape index (κ3) is 3.96. The number of hydrogen-bond donors (Lipinski definition) is 1. The second kappa shape index (κ2) is 8.28. The van der Waals surface area contributed by atoms with Gasteiger partial charge in [-0.1, -0.05) is 0 Å². The van der Waals surface area contributed by atoms with Crippen LogP contribution < -0.4 is 10.4 Å². The van der Waals surface area contributed by atoms with Crippen molar-refractivity contribution in [2.75, 3.05) is 26.2 Å². The molecule has 3 aliphatic rings. The monoisotopic (exact) mass is 426 g/mol. The van der Waals surface area contributed by atoms with Crippen LogP contribution in [0, 0.1) is 0 Å². The first-order chi connectivity index (χ1) is 15.0. The van der Waals surface area contributed by atoms with E-state index in [1.54, 1.807) is 13.0 Å². The molecule has 0 bridgehead atoms. The van der Waals surface area contributed by atoms with Gasteiger partial charge < -0.3 is 19.2 Å². The van der Waals surface area contributed by atoms with Crippen LogP contribution in [0.3, 0.4) is 0 Å². The molecule has 1 aromatic heterocycles. The molecule has 166 valence electrons. The number of aliphatic hydroxyl groups excluding tert-OH is 1. The quantitative estimate of drug-likeness (QED) is 0.754. The maximum absolute atomic E-state index is 12.9. The van der Waals surface area contributed by atoms with E-state index >= 15 is 0 Å². The summed E-state index contributed by atoms with van der Waals surface area (Å²) in [5.41, 5.74) is 2.19. The maximum atomic E-state index is 12.9. The van der Waals surface area contributed by atoms with E-state index in [1.165, 1.54) is 0 Å². The van der Waals surface area contributed by atoms with Crippen LogP contribution in [0.1, 0.15) is 43.7 Å². The summed E-state index contributed by atoms with van der Waals surface area (Å²) in [7, 11) is 0. The number of nitrogens with zero attached hydrogens (tertiary/aromatic N) is 2. The molecule has 2 aromatic rings. The van der Waals surface area contributed by atoms with E-state index in [0.29, 0.717) is 30.5 Å². The summed E-state index contributed by atoms with van der Waals surface area (Å²) >= 11 is 0. The molecule has 1 N–H and O–H groups in total. The van der Waals surface area contributed by atoms with Crippen LogP contribution in [0.2, 0.25) is 0 Å². The summed E-state index contributed by atoms with van der Waals surface area (Å²) in [6.45, 7) is 4.69. The summed E-state index contributed by atoms with van der Waals surface area (Å²) in [5, 5.41) is 10.5. The number of aryl methyl sites for hydroxylation is 1. The zero-order valence-corrected chi connectivity index (χ0v) is 18.0. The number of fused-ring (bicyclic) bond motifs is 3. The lowest BCUT2D eigenvalue weighted by Crippen LogP contribution is -2.58. The zero-order valence-electron chi connectivity index (χ0n) is 18.0. The van der Waals surface area contributed by atoms with Crippen molar-refractivity contribution in [3.8, 4) is 5.75 Å². The fourth-order valence-electron chi connectivity index (χ4n) is 5.25. The van der Waals surface area contributed by atoms with Gasteiger partial charge in [-0.25, -0.2) is 4.79 Å². The van der Waals surface area contributed by atoms with Crippen LogP contribution in [0.25, 0.3) is 11.0 Å². The first kappa shape index (κ1) is 20.5. The van der Waals surface area contributed by atoms with E-state index in [1.807, 2.05) is 17.0 Å². The third-order valence-electron chi connectivity index (χ3n) is 7.04. The number of ether oxygens (including phenoxy) is 1. The number of carbonyl (C=O) groups excluding carboxylic acids is 1. The lowest BCUT2D eigenvalue weighted by Gasteiger charge is -2.45. The van der Waals surface area contributed by atoms with Crippen molar-refractivity contribution in [3.05, 3.63) is 39.7 Å². The average molecular weight is 427 g/mol. The highest BCUT2D eigenvalue weighted by Gasteiger charge is 2.34. The minimum Gasteiger partial charge on any atom is -0.481 e. The minimum atomic E-state index is -0.607. The lowest BCUT2D eigenvalue weighted by atomic mass is 9.91. The molecule has 0 saturated carbocycles. The van der Waals surface area contributed by atoms with Gasteiger partial charge in [-0.05, 0) is 63.1 Å². The number of aliphatic hydroxyl groups is 1. The molecule has 1 aliphatic carbocycles. The summed E-state index contributed by atoms with van der Waals surface area (Å²) < 4.78 is 11.5. The maximum Gasteiger partial charge on any atom is 0.339 e. The Bertz CT molecular complexity index is 1030. The van der Waals surface area contributed by atoms with Crippen LogP contribution in [0.4, 0.5) is 0 Å². The Morgan fingerprint density at radius 3 is 2.58 bits per heavy atom. The van der Waals surface area contributed by atoms with Crippen molar-refractivity contribution >= 4 is 16.9 Å². The molecule has 7 nitrogen and oxygen atoms in total. The SMILES string of the molecule is CC(Oc1ccc2c3c(c(=O)oc2c1)CCCC3)C(=O)N1CCC(N2CC(O)C2)CC1. The van der Waals surface area contributed by atoms with Crippen molar-refractivity contribution < 1.29 is 19.1 Å². The number of β-amino-alcohol motifs (C(OH)–C–C–N with tert-alkyl or cyclic N) is 1. The van der Waals surface area contributed by atoms with E-state index in [9.17, 15) is 14.7 Å². The molecule has 2 aliphatic heterocycles. The highest BCUT2D eigenvalue weighted by molar-refractivity contribution is 5.84. The second-order valence-electron chi connectivity index (χ2n) is 9.14. The van der Waals surface area contributed by atoms with E-state index < -0.39 is 6.10 Å². The van der Waals surface area contributed by atoms with Crippen molar-refractivity contribution in [2.24, 2.45) is 0 Å². The fraction of sp³-hybridized carbons (Fsp3) is 0.583. The largest absolute Gasteiger partial charge is 0.481 e. The smallest absolute Gasteiger partial charge is 0.339 e. The first-order valence-corrected chi connectivity index (χ1v) is 11.5. The molecular weight excluding hydrogens is 396 g/mol. The Balaban J connectivity index is 1.24. The molecule has 2 saturated heterocycles. The number of amides is 1. The zero-order chi connectivity index (χ0) is 21.5. The highest BCUT2D eigenvalue weighted by atomic mass is 16.5. The fourth-order valence-corrected chi connectivity index (χ4v) is 5.25. The molecule has 0 spiro atoms. The molecule has 0 radical (unpaired) electrons. The third-order valence-corrected chi connectivity index (χ3v) is 7.04. The Morgan fingerprint density at radius 2 is 1.87 bits per heavy atom. The molecule has 7 heteroatoms. The molecular formula is C24H30N2O5. The summed E-state index contributed by atoms with van der Waals surface area (Å²) in [6, 6.07) is 6.00. The van der Waals surface area contributed by atoms with E-state index in [2.05, 4.69) is 4.90 Å². The molecule has 3 heterocycles. The predicted octanol–water partition coefficient (Wildman–Crippen LogP) is 2.11. The van der Waals surface area contributed by atoms with Crippen LogP contribution in [0.15, 0.2) is 27.4 Å². The lowest BCUT2D eigenvalue weighted by molar-refractivity contribution is -0.140. The molecule has 2 fully saturated rings. The molecule has 31 heavy (non-hydrogen) atoms. The van der Waals surface area contributed by atoms with E-state index in [4.69, 9.17) is 9.15 Å². The van der Waals surface area contributed by atoms with Gasteiger partial charge in [-0.3, -0.25) is 9.69 Å². The minimum absolute atomic E-state index is 0.0194. The second-order valence-corrected chi connectivity index (χ2v) is 9.14. The number of benzene rings is 1. The number of likely N-dealkylation sites (tertiary alicyclic amines) is 2. The van der Waals surface area contributed by atoms with Crippen molar-refractivity contribution in [1.82, 2.24) is 9.80 Å². The van der Waals surface area contributed by atoms with Gasteiger partial charge in [0.25, 0.3) is 5.91 Å². The molecule has 1 amide bonds. The normalized spacial score (nSPS) is 21.5. The molecule has 1 aromatic carbocycles. The van der Waals surface area contributed by atoms with Crippen molar-refractivity contribution in [1.29, 1.82) is 0 Å². The molecule has 1 unspecified atom stereocenters. The first-order valence-electron chi connectivity index (χ1n) is 11.5. The topological polar surface area (TPSA) is 83.2 Å². The summed E-state index contributed by atoms with van der Waals surface area (Å²) in [6.07, 6.45) is 4.86. The van der Waals surface area contributed by atoms with Crippen molar-refractivity contribution in [2.45, 2.75) is 63.7 Å². The van der Waals surface area contributed by atoms with Gasteiger partial charge in [0.05, 0.1) is 6.10 Å². The van der Waals surface area contributed by atoms with Gasteiger partial charge in [0.15, 0.2) is 6.10 Å². The number of carbonyl (C=O) groups is 1. The van der Waals surface area contributed by atoms with Gasteiger partial charge in [0.2, 0.25) is 0 Å². The Morgan fingerprint density at radius 1 is 1.16 bits per heavy atom. The highest BCUT2D eigenvalue weighted by Crippen LogP contribution is 2.29. The standard InChI is InChI=1S/C24H30N2O5/c1-15(23(28)25-10-8-16(9-11-25)26-13-17(27)14-26)30-18-6-7-20-19-4-2-3-5-21(19)24(29)31-22(20)12-18/h6-7,12,15-17,27H,2-5,8-11,13-14H2,1H3. The van der Waals surface area contributed by atoms with Crippen LogP contribution >= 0.6 is 0 Å². The van der Waals surface area contributed by atoms with Crippen molar-refractivity contribution in [3.63, 3.8) is 0 Å². The van der Waals surface area contributed by atoms with Gasteiger partial charge in [0, 0.05) is 49.2 Å². The Kier molecular flexibility index (Phi) is 5.48. The summed E-state index contributed by atoms with van der Waals surface area (Å²) in [4.78, 5) is 29.4. The molecule has 5 rings (SSSR count). The Labute approximate surface area is 181 Å². The molecule has 1 atom stereocenters. The number of rotatable bonds is 4. The van der Waals surface area contributed by atoms with E-state index in [-0.39, 0.29) is 17.6 Å². The summed E-state index contributed by atoms with van der Waals surface area (Å²) in [5.74, 6) is 0.519. The average Bonchev–Trinajstić information content (AvgIpc) is 2.76. The van der Waals surface area contributed by atoms with Crippen LogP contribution in [-0.4, -0.2) is 65.2 Å². The predicted molar refractivity (Wildman–Crippen MR) is 116 cm³/mol. The van der Waals surface area contributed by atoms with E-state index in [0.717, 1.165) is 68.1 Å². The van der Waals surface area contributed by atoms with Crippen LogP contribution in [-0.2, 0) is 17.6 Å². The van der Waals surface area contributed by atoms with Gasteiger partial charge >= 0.3 is 5.63 Å². The van der Waals surface area contributed by atoms with Gasteiger partial charge in [-0.2, -0.15) is 0 Å². The van der Waals surface area contributed by atoms with Crippen LogP contribution in [0.5, 0.6) is 5.75 Å².